The molecule has 1 heterocycles. The van der Waals surface area contributed by atoms with Gasteiger partial charge in [-0.3, -0.25) is 9.69 Å². The highest BCUT2D eigenvalue weighted by Crippen LogP contribution is 2.22. The van der Waals surface area contributed by atoms with E-state index >= 15 is 0 Å². The maximum atomic E-state index is 12.9. The van der Waals surface area contributed by atoms with Crippen LogP contribution in [0.25, 0.3) is 0 Å². The lowest BCUT2D eigenvalue weighted by Gasteiger charge is -2.32. The van der Waals surface area contributed by atoms with Crippen molar-refractivity contribution < 1.29 is 9.18 Å². The molecule has 1 aliphatic rings. The number of piperidine rings is 1. The van der Waals surface area contributed by atoms with E-state index in [9.17, 15) is 9.18 Å². The summed E-state index contributed by atoms with van der Waals surface area (Å²) in [5.74, 6) is -0.0456. The zero-order valence-corrected chi connectivity index (χ0v) is 16.2. The minimum Gasteiger partial charge on any atom is -0.356 e. The van der Waals surface area contributed by atoms with Gasteiger partial charge in [0, 0.05) is 24.7 Å². The molecule has 3 nitrogen and oxygen atoms in total. The molecular weight excluding hydrogens is 363 g/mol. The van der Waals surface area contributed by atoms with Crippen molar-refractivity contribution in [1.29, 1.82) is 0 Å². The average Bonchev–Trinajstić information content (AvgIpc) is 2.68. The largest absolute Gasteiger partial charge is 0.356 e. The predicted octanol–water partition coefficient (Wildman–Crippen LogP) is 4.44. The third-order valence-electron chi connectivity index (χ3n) is 5.08. The molecule has 0 bridgehead atoms. The van der Waals surface area contributed by atoms with Gasteiger partial charge in [0.15, 0.2) is 0 Å². The molecule has 27 heavy (non-hydrogen) atoms. The molecule has 1 amide bonds. The normalized spacial score (nSPS) is 17.6. The van der Waals surface area contributed by atoms with Gasteiger partial charge in [-0.05, 0) is 61.6 Å². The van der Waals surface area contributed by atoms with E-state index < -0.39 is 0 Å². The first-order valence-electron chi connectivity index (χ1n) is 9.60. The van der Waals surface area contributed by atoms with Crippen molar-refractivity contribution in [2.24, 2.45) is 5.92 Å². The monoisotopic (exact) mass is 388 g/mol. The van der Waals surface area contributed by atoms with Crippen LogP contribution in [0, 0.1) is 11.7 Å². The molecule has 0 unspecified atom stereocenters. The van der Waals surface area contributed by atoms with Gasteiger partial charge < -0.3 is 5.32 Å². The number of hydrogen-bond donors (Lipinski definition) is 1. The van der Waals surface area contributed by atoms with Crippen LogP contribution in [0.1, 0.15) is 30.4 Å². The van der Waals surface area contributed by atoms with Crippen molar-refractivity contribution in [3.8, 4) is 0 Å². The summed E-state index contributed by atoms with van der Waals surface area (Å²) in [6.45, 7) is 3.21. The minimum absolute atomic E-state index is 0.0343. The van der Waals surface area contributed by atoms with Crippen LogP contribution in [-0.2, 0) is 17.8 Å². The van der Waals surface area contributed by atoms with Crippen molar-refractivity contribution in [2.45, 2.75) is 32.2 Å². The van der Waals surface area contributed by atoms with Gasteiger partial charge in [-0.1, -0.05) is 41.9 Å². The number of rotatable bonds is 7. The van der Waals surface area contributed by atoms with Gasteiger partial charge >= 0.3 is 0 Å². The topological polar surface area (TPSA) is 32.3 Å². The van der Waals surface area contributed by atoms with Gasteiger partial charge in [-0.2, -0.15) is 0 Å². The SMILES string of the molecule is O=C(NCCCc1ccc(F)cc1)[C@H]1CCCN(Cc2ccccc2Cl)C1. The Morgan fingerprint density at radius 2 is 1.96 bits per heavy atom. The van der Waals surface area contributed by atoms with Crippen LogP contribution >= 0.6 is 11.6 Å². The highest BCUT2D eigenvalue weighted by molar-refractivity contribution is 6.31. The second kappa shape index (κ2) is 9.86. The van der Waals surface area contributed by atoms with E-state index in [0.717, 1.165) is 61.5 Å². The molecule has 0 aromatic heterocycles. The van der Waals surface area contributed by atoms with Crippen LogP contribution in [0.4, 0.5) is 4.39 Å². The van der Waals surface area contributed by atoms with Gasteiger partial charge in [-0.15, -0.1) is 0 Å². The van der Waals surface area contributed by atoms with Crippen LogP contribution in [0.15, 0.2) is 48.5 Å². The van der Waals surface area contributed by atoms with Crippen molar-refractivity contribution >= 4 is 17.5 Å². The number of nitrogens with zero attached hydrogens (tertiary/aromatic N) is 1. The van der Waals surface area contributed by atoms with Crippen LogP contribution in [0.3, 0.4) is 0 Å². The molecule has 1 atom stereocenters. The molecule has 0 spiro atoms. The van der Waals surface area contributed by atoms with Crippen LogP contribution in [0.2, 0.25) is 5.02 Å². The molecule has 2 aromatic carbocycles. The van der Waals surface area contributed by atoms with Crippen molar-refractivity contribution in [2.75, 3.05) is 19.6 Å². The van der Waals surface area contributed by atoms with Gasteiger partial charge in [0.2, 0.25) is 5.91 Å². The number of nitrogens with one attached hydrogen (secondary N) is 1. The maximum absolute atomic E-state index is 12.9. The number of benzene rings is 2. The number of aryl methyl sites for hydroxylation is 1. The summed E-state index contributed by atoms with van der Waals surface area (Å²) in [4.78, 5) is 14.8. The van der Waals surface area contributed by atoms with Gasteiger partial charge in [0.1, 0.15) is 5.82 Å². The Kier molecular flexibility index (Phi) is 7.25. The summed E-state index contributed by atoms with van der Waals surface area (Å²) < 4.78 is 12.9. The van der Waals surface area contributed by atoms with Crippen LogP contribution in [0.5, 0.6) is 0 Å². The highest BCUT2D eigenvalue weighted by Gasteiger charge is 2.25. The fraction of sp³-hybridized carbons (Fsp3) is 0.409. The lowest BCUT2D eigenvalue weighted by atomic mass is 9.96. The second-order valence-electron chi connectivity index (χ2n) is 7.19. The van der Waals surface area contributed by atoms with Crippen molar-refractivity contribution in [3.63, 3.8) is 0 Å². The molecule has 0 saturated carbocycles. The molecule has 1 fully saturated rings. The molecule has 0 aliphatic carbocycles. The van der Waals surface area contributed by atoms with E-state index in [2.05, 4.69) is 10.2 Å². The molecule has 5 heteroatoms. The van der Waals surface area contributed by atoms with E-state index in [1.807, 2.05) is 24.3 Å². The number of carbonyl (C=O) groups excluding carboxylic acids is 1. The van der Waals surface area contributed by atoms with E-state index in [0.29, 0.717) is 6.54 Å². The van der Waals surface area contributed by atoms with Crippen LogP contribution < -0.4 is 5.32 Å². The van der Waals surface area contributed by atoms with Gasteiger partial charge in [0.25, 0.3) is 0 Å². The Balaban J connectivity index is 1.41. The summed E-state index contributed by atoms with van der Waals surface area (Å²) in [5.41, 5.74) is 2.20. The third kappa shape index (κ3) is 6.05. The second-order valence-corrected chi connectivity index (χ2v) is 7.59. The van der Waals surface area contributed by atoms with Gasteiger partial charge in [-0.25, -0.2) is 4.39 Å². The highest BCUT2D eigenvalue weighted by atomic mass is 35.5. The molecule has 3 rings (SSSR count). The number of likely N-dealkylation sites (tertiary alicyclic amines) is 1. The van der Waals surface area contributed by atoms with Crippen molar-refractivity contribution in [1.82, 2.24) is 10.2 Å². The molecule has 1 N–H and O–H groups in total. The quantitative estimate of drug-likeness (QED) is 0.711. The molecule has 2 aromatic rings. The molecule has 144 valence electrons. The predicted molar refractivity (Wildman–Crippen MR) is 107 cm³/mol. The summed E-state index contributed by atoms with van der Waals surface area (Å²) in [5, 5.41) is 3.85. The van der Waals surface area contributed by atoms with E-state index in [1.165, 1.54) is 12.1 Å². The van der Waals surface area contributed by atoms with Crippen molar-refractivity contribution in [3.05, 3.63) is 70.5 Å². The Hall–Kier alpha value is -1.91. The smallest absolute Gasteiger partial charge is 0.224 e. The minimum atomic E-state index is -0.217. The molecule has 0 radical (unpaired) electrons. The summed E-state index contributed by atoms with van der Waals surface area (Å²) in [7, 11) is 0. The van der Waals surface area contributed by atoms with Gasteiger partial charge in [0.05, 0.1) is 5.92 Å². The first-order valence-corrected chi connectivity index (χ1v) is 9.97. The first kappa shape index (κ1) is 19.8. The maximum Gasteiger partial charge on any atom is 0.224 e. The van der Waals surface area contributed by atoms with E-state index in [-0.39, 0.29) is 17.6 Å². The van der Waals surface area contributed by atoms with E-state index in [4.69, 9.17) is 11.6 Å². The number of carbonyl (C=O) groups is 1. The summed E-state index contributed by atoms with van der Waals surface area (Å²) in [6.07, 6.45) is 3.65. The standard InChI is InChI=1S/C22H26ClFN2O/c23-21-8-2-1-6-18(21)15-26-14-4-7-19(16-26)22(27)25-13-3-5-17-9-11-20(24)12-10-17/h1-2,6,8-12,19H,3-5,7,13-16H2,(H,25,27)/t19-/m0/s1. The molecule has 1 aliphatic heterocycles. The molecule has 1 saturated heterocycles. The average molecular weight is 389 g/mol. The Bertz CT molecular complexity index is 750. The number of halogens is 2. The summed E-state index contributed by atoms with van der Waals surface area (Å²) in [6, 6.07) is 14.4. The first-order chi connectivity index (χ1) is 13.1. The lowest BCUT2D eigenvalue weighted by molar-refractivity contribution is -0.126. The molecular formula is C22H26ClFN2O. The van der Waals surface area contributed by atoms with E-state index in [1.54, 1.807) is 12.1 Å². The Morgan fingerprint density at radius 3 is 2.74 bits per heavy atom. The zero-order valence-electron chi connectivity index (χ0n) is 15.5. The number of amides is 1. The number of hydrogen-bond acceptors (Lipinski definition) is 2. The summed E-state index contributed by atoms with van der Waals surface area (Å²) >= 11 is 6.26. The fourth-order valence-corrected chi connectivity index (χ4v) is 3.78. The Morgan fingerprint density at radius 1 is 1.19 bits per heavy atom. The van der Waals surface area contributed by atoms with Crippen LogP contribution in [-0.4, -0.2) is 30.4 Å². The third-order valence-corrected chi connectivity index (χ3v) is 5.45. The Labute approximate surface area is 165 Å². The fourth-order valence-electron chi connectivity index (χ4n) is 3.58. The zero-order chi connectivity index (χ0) is 19.1. The lowest BCUT2D eigenvalue weighted by Crippen LogP contribution is -2.43.